The van der Waals surface area contributed by atoms with Crippen molar-refractivity contribution in [3.63, 3.8) is 0 Å². The van der Waals surface area contributed by atoms with E-state index in [1.54, 1.807) is 19.1 Å². The third kappa shape index (κ3) is 3.92. The molecule has 0 fully saturated rings. The fourth-order valence-corrected chi connectivity index (χ4v) is 3.21. The molecule has 0 saturated heterocycles. The molecule has 5 nitrogen and oxygen atoms in total. The predicted octanol–water partition coefficient (Wildman–Crippen LogP) is 4.68. The second kappa shape index (κ2) is 7.51. The smallest absolute Gasteiger partial charge is 0.319 e. The van der Waals surface area contributed by atoms with Crippen LogP contribution < -0.4 is 16.0 Å². The van der Waals surface area contributed by atoms with Crippen LogP contribution in [0.5, 0.6) is 0 Å². The molecule has 7 heteroatoms. The molecule has 0 saturated carbocycles. The minimum atomic E-state index is -0.544. The second-order valence-electron chi connectivity index (χ2n) is 6.04. The number of anilines is 1. The van der Waals surface area contributed by atoms with Gasteiger partial charge in [-0.05, 0) is 49.2 Å². The number of hydrogen-bond donors (Lipinski definition) is 3. The van der Waals surface area contributed by atoms with Gasteiger partial charge in [-0.3, -0.25) is 4.79 Å². The van der Waals surface area contributed by atoms with Gasteiger partial charge in [-0.2, -0.15) is 0 Å². The summed E-state index contributed by atoms with van der Waals surface area (Å²) in [6.07, 6.45) is 0. The van der Waals surface area contributed by atoms with E-state index in [1.165, 1.54) is 0 Å². The maximum atomic E-state index is 12.9. The summed E-state index contributed by atoms with van der Waals surface area (Å²) in [6.45, 7) is 3.60. The molecule has 0 unspecified atom stereocenters. The fourth-order valence-electron chi connectivity index (χ4n) is 2.77. The Morgan fingerprint density at radius 3 is 2.50 bits per heavy atom. The Labute approximate surface area is 164 Å². The van der Waals surface area contributed by atoms with E-state index < -0.39 is 6.04 Å². The molecule has 3 N–H and O–H groups in total. The van der Waals surface area contributed by atoms with Gasteiger partial charge in [0.15, 0.2) is 0 Å². The summed E-state index contributed by atoms with van der Waals surface area (Å²) in [5, 5.41) is 8.90. The summed E-state index contributed by atoms with van der Waals surface area (Å²) in [6, 6.07) is 11.9. The van der Waals surface area contributed by atoms with Gasteiger partial charge in [0.05, 0.1) is 11.6 Å². The second-order valence-corrected chi connectivity index (χ2v) is 7.36. The van der Waals surface area contributed by atoms with Gasteiger partial charge in [0.1, 0.15) is 0 Å². The molecular formula is C19H17BrClN3O2. The summed E-state index contributed by atoms with van der Waals surface area (Å²) in [5.41, 5.74) is 3.30. The first-order chi connectivity index (χ1) is 12.3. The monoisotopic (exact) mass is 433 g/mol. The number of nitrogens with one attached hydrogen (secondary N) is 3. The first-order valence-corrected chi connectivity index (χ1v) is 9.13. The van der Waals surface area contributed by atoms with Crippen LogP contribution in [0.3, 0.4) is 0 Å². The van der Waals surface area contributed by atoms with Crippen molar-refractivity contribution in [3.8, 4) is 0 Å². The molecule has 2 aromatic carbocycles. The van der Waals surface area contributed by atoms with Gasteiger partial charge in [0, 0.05) is 20.9 Å². The van der Waals surface area contributed by atoms with Crippen LogP contribution in [0.4, 0.5) is 10.5 Å². The van der Waals surface area contributed by atoms with Gasteiger partial charge in [0.25, 0.3) is 5.91 Å². The van der Waals surface area contributed by atoms with E-state index in [4.69, 9.17) is 11.6 Å². The molecule has 0 aliphatic carbocycles. The summed E-state index contributed by atoms with van der Waals surface area (Å²) >= 11 is 9.52. The lowest BCUT2D eigenvalue weighted by atomic mass is 9.95. The molecule has 134 valence electrons. The zero-order chi connectivity index (χ0) is 18.8. The molecule has 0 bridgehead atoms. The number of aryl methyl sites for hydroxylation is 1. The molecule has 0 spiro atoms. The van der Waals surface area contributed by atoms with E-state index in [2.05, 4.69) is 31.9 Å². The average molecular weight is 435 g/mol. The molecule has 0 aromatic heterocycles. The van der Waals surface area contributed by atoms with Crippen LogP contribution in [0.25, 0.3) is 0 Å². The Balaban J connectivity index is 1.93. The standard InChI is InChI=1S/C19H17BrClN3O2/c1-10-3-8-14(9-15(10)21)23-18(25)16-11(2)22-19(26)24-17(16)12-4-6-13(20)7-5-12/h3-9,17H,1-2H3,(H,23,25)(H2,22,24,26)/t17-/m0/s1. The maximum Gasteiger partial charge on any atom is 0.319 e. The van der Waals surface area contributed by atoms with E-state index >= 15 is 0 Å². The molecule has 3 rings (SSSR count). The van der Waals surface area contributed by atoms with Crippen molar-refractivity contribution >= 4 is 45.2 Å². The number of halogens is 2. The summed E-state index contributed by atoms with van der Waals surface area (Å²) in [4.78, 5) is 24.8. The minimum absolute atomic E-state index is 0.303. The third-order valence-corrected chi connectivity index (χ3v) is 5.08. The van der Waals surface area contributed by atoms with Gasteiger partial charge in [-0.1, -0.05) is 45.7 Å². The molecule has 2 aromatic rings. The summed E-state index contributed by atoms with van der Waals surface area (Å²) < 4.78 is 0.919. The normalized spacial score (nSPS) is 16.8. The van der Waals surface area contributed by atoms with Crippen molar-refractivity contribution < 1.29 is 9.59 Å². The number of carbonyl (C=O) groups is 2. The number of allylic oxidation sites excluding steroid dienone is 1. The average Bonchev–Trinajstić information content (AvgIpc) is 2.58. The minimum Gasteiger partial charge on any atom is -0.327 e. The van der Waals surface area contributed by atoms with Crippen molar-refractivity contribution in [3.05, 3.63) is 74.4 Å². The number of urea groups is 1. The van der Waals surface area contributed by atoms with Gasteiger partial charge in [-0.25, -0.2) is 4.79 Å². The number of rotatable bonds is 3. The van der Waals surface area contributed by atoms with Gasteiger partial charge in [0.2, 0.25) is 0 Å². The van der Waals surface area contributed by atoms with E-state index in [0.29, 0.717) is 22.0 Å². The highest BCUT2D eigenvalue weighted by atomic mass is 79.9. The number of carbonyl (C=O) groups excluding carboxylic acids is 2. The zero-order valence-corrected chi connectivity index (χ0v) is 16.5. The Morgan fingerprint density at radius 2 is 1.85 bits per heavy atom. The number of hydrogen-bond acceptors (Lipinski definition) is 2. The molecule has 1 aliphatic heterocycles. The molecule has 3 amide bonds. The van der Waals surface area contributed by atoms with Crippen LogP contribution in [-0.2, 0) is 4.79 Å². The summed E-state index contributed by atoms with van der Waals surface area (Å²) in [7, 11) is 0. The van der Waals surface area contributed by atoms with E-state index in [1.807, 2.05) is 37.3 Å². The highest BCUT2D eigenvalue weighted by Crippen LogP contribution is 2.29. The molecule has 1 atom stereocenters. The van der Waals surface area contributed by atoms with Crippen LogP contribution in [0, 0.1) is 6.92 Å². The van der Waals surface area contributed by atoms with E-state index in [0.717, 1.165) is 15.6 Å². The highest BCUT2D eigenvalue weighted by molar-refractivity contribution is 9.10. The van der Waals surface area contributed by atoms with E-state index in [-0.39, 0.29) is 11.9 Å². The van der Waals surface area contributed by atoms with Crippen molar-refractivity contribution in [2.75, 3.05) is 5.32 Å². The van der Waals surface area contributed by atoms with Crippen LogP contribution >= 0.6 is 27.5 Å². The first-order valence-electron chi connectivity index (χ1n) is 7.96. The topological polar surface area (TPSA) is 70.2 Å². The van der Waals surface area contributed by atoms with Crippen molar-refractivity contribution in [2.24, 2.45) is 0 Å². The largest absolute Gasteiger partial charge is 0.327 e. The number of benzene rings is 2. The Morgan fingerprint density at radius 1 is 1.15 bits per heavy atom. The van der Waals surface area contributed by atoms with Crippen LogP contribution in [-0.4, -0.2) is 11.9 Å². The molecular weight excluding hydrogens is 418 g/mol. The predicted molar refractivity (Wildman–Crippen MR) is 106 cm³/mol. The Bertz CT molecular complexity index is 910. The lowest BCUT2D eigenvalue weighted by Crippen LogP contribution is -2.45. The first kappa shape index (κ1) is 18.5. The van der Waals surface area contributed by atoms with Crippen molar-refractivity contribution in [1.82, 2.24) is 10.6 Å². The van der Waals surface area contributed by atoms with Gasteiger partial charge in [-0.15, -0.1) is 0 Å². The third-order valence-electron chi connectivity index (χ3n) is 4.15. The lowest BCUT2D eigenvalue weighted by Gasteiger charge is -2.28. The zero-order valence-electron chi connectivity index (χ0n) is 14.2. The van der Waals surface area contributed by atoms with Crippen molar-refractivity contribution in [1.29, 1.82) is 0 Å². The van der Waals surface area contributed by atoms with Crippen LogP contribution in [0.2, 0.25) is 5.02 Å². The Hall–Kier alpha value is -2.31. The molecule has 0 radical (unpaired) electrons. The van der Waals surface area contributed by atoms with Gasteiger partial charge < -0.3 is 16.0 Å². The SMILES string of the molecule is CC1=C(C(=O)Nc2ccc(C)c(Cl)c2)[C@H](c2ccc(Br)cc2)NC(=O)N1. The van der Waals surface area contributed by atoms with E-state index in [9.17, 15) is 9.59 Å². The van der Waals surface area contributed by atoms with Crippen molar-refractivity contribution in [2.45, 2.75) is 19.9 Å². The number of amides is 3. The van der Waals surface area contributed by atoms with Crippen LogP contribution in [0.15, 0.2) is 58.2 Å². The Kier molecular flexibility index (Phi) is 5.34. The molecule has 26 heavy (non-hydrogen) atoms. The summed E-state index contributed by atoms with van der Waals surface area (Å²) in [5.74, 6) is -0.303. The maximum absolute atomic E-state index is 12.9. The van der Waals surface area contributed by atoms with Crippen LogP contribution in [0.1, 0.15) is 24.1 Å². The fraction of sp³-hybridized carbons (Fsp3) is 0.158. The lowest BCUT2D eigenvalue weighted by molar-refractivity contribution is -0.113. The quantitative estimate of drug-likeness (QED) is 0.656. The molecule has 1 heterocycles. The molecule has 1 aliphatic rings. The highest BCUT2D eigenvalue weighted by Gasteiger charge is 2.31. The van der Waals surface area contributed by atoms with Gasteiger partial charge >= 0.3 is 6.03 Å².